The van der Waals surface area contributed by atoms with Crippen molar-refractivity contribution in [1.82, 2.24) is 4.98 Å². The lowest BCUT2D eigenvalue weighted by atomic mass is 10.0. The number of carbonyl (C=O) groups is 7. The lowest BCUT2D eigenvalue weighted by Crippen LogP contribution is -2.32. The van der Waals surface area contributed by atoms with E-state index in [-0.39, 0.29) is 58.6 Å². The summed E-state index contributed by atoms with van der Waals surface area (Å²) in [7, 11) is -11.0. The average Bonchev–Trinajstić information content (AvgIpc) is 0.811. The van der Waals surface area contributed by atoms with Crippen LogP contribution in [0.15, 0.2) is 324 Å². The van der Waals surface area contributed by atoms with Crippen LogP contribution in [0.5, 0.6) is 0 Å². The van der Waals surface area contributed by atoms with Gasteiger partial charge < -0.3 is 64.8 Å². The number of aliphatic carboxylic acids is 5. The average molecular weight is 1700 g/mol. The molecule has 0 radical (unpaired) electrons. The molecule has 0 unspecified atom stereocenters. The molecule has 0 aliphatic carbocycles. The maximum Gasteiger partial charge on any atom is 0.320 e. The fourth-order valence-electron chi connectivity index (χ4n) is 11.0. The molecule has 5 atom stereocenters. The van der Waals surface area contributed by atoms with E-state index in [1.54, 1.807) is 206 Å². The Morgan fingerprint density at radius 2 is 0.537 bits per heavy atom. The summed E-state index contributed by atoms with van der Waals surface area (Å²) in [6.07, 6.45) is 4.09. The van der Waals surface area contributed by atoms with E-state index in [0.717, 1.165) is 50.1 Å². The van der Waals surface area contributed by atoms with E-state index in [4.69, 9.17) is 54.2 Å². The van der Waals surface area contributed by atoms with Gasteiger partial charge in [-0.2, -0.15) is 0 Å². The number of nitrogens with one attached hydrogen (secondary N) is 5. The normalized spacial score (nSPS) is 12.1. The molecule has 12 rings (SSSR count). The zero-order chi connectivity index (χ0) is 87.8. The zero-order valence-electron chi connectivity index (χ0n) is 65.0. The highest BCUT2D eigenvalue weighted by Gasteiger charge is 2.21. The molecule has 20 N–H and O–H groups in total. The Morgan fingerprint density at radius 3 is 0.818 bits per heavy atom. The zero-order valence-corrected chi connectivity index (χ0v) is 67.4. The fraction of sp³-hybridized carbons (Fsp3) is 0.124. The molecule has 0 saturated carbocycles. The van der Waals surface area contributed by atoms with Gasteiger partial charge in [-0.15, -0.1) is 0 Å². The molecular formula is C89H89N11O18S3. The van der Waals surface area contributed by atoms with E-state index < -0.39 is 90.1 Å². The van der Waals surface area contributed by atoms with Crippen LogP contribution in [0.1, 0.15) is 54.1 Å². The molecule has 12 aromatic rings. The van der Waals surface area contributed by atoms with Gasteiger partial charge in [0.15, 0.2) is 0 Å². The number of hydrogen-bond acceptors (Lipinski definition) is 19. The second-order valence-electron chi connectivity index (χ2n) is 27.2. The van der Waals surface area contributed by atoms with E-state index in [9.17, 15) is 58.8 Å². The van der Waals surface area contributed by atoms with Gasteiger partial charge in [0, 0.05) is 46.4 Å². The van der Waals surface area contributed by atoms with E-state index in [2.05, 4.69) is 29.8 Å². The van der Waals surface area contributed by atoms with Crippen molar-refractivity contribution >= 4 is 100 Å². The second kappa shape index (κ2) is 44.5. The summed E-state index contributed by atoms with van der Waals surface area (Å²) in [6, 6.07) is 80.0. The first-order valence-electron chi connectivity index (χ1n) is 37.0. The molecule has 29 nitrogen and oxygen atoms in total. The Balaban J connectivity index is 0.000000189. The summed E-state index contributed by atoms with van der Waals surface area (Å²) in [5.41, 5.74) is 39.7. The number of amides is 2. The maximum absolute atomic E-state index is 12.6. The van der Waals surface area contributed by atoms with Crippen LogP contribution in [-0.2, 0) is 86.1 Å². The lowest BCUT2D eigenvalue weighted by molar-refractivity contribution is -0.139. The summed E-state index contributed by atoms with van der Waals surface area (Å²) in [4.78, 5) is 82.4. The van der Waals surface area contributed by atoms with E-state index in [1.807, 2.05) is 79.7 Å². The van der Waals surface area contributed by atoms with Gasteiger partial charge in [-0.1, -0.05) is 181 Å². The highest BCUT2D eigenvalue weighted by Crippen LogP contribution is 2.26. The minimum Gasteiger partial charge on any atom is -0.480 e. The summed E-state index contributed by atoms with van der Waals surface area (Å²) >= 11 is 0. The van der Waals surface area contributed by atoms with Gasteiger partial charge in [0.2, 0.25) is 0 Å². The number of carboxylic acids is 5. The molecule has 11 aromatic carbocycles. The molecule has 1 aromatic heterocycles. The van der Waals surface area contributed by atoms with Crippen molar-refractivity contribution in [1.29, 1.82) is 0 Å². The molecule has 0 spiro atoms. The molecule has 1 heterocycles. The number of pyridine rings is 1. The predicted molar refractivity (Wildman–Crippen MR) is 463 cm³/mol. The van der Waals surface area contributed by atoms with Crippen molar-refractivity contribution in [3.05, 3.63) is 354 Å². The Morgan fingerprint density at radius 1 is 0.289 bits per heavy atom. The van der Waals surface area contributed by atoms with E-state index >= 15 is 0 Å². The quantitative estimate of drug-likeness (QED) is 0.0199. The number of nitrogens with zero attached hydrogens (tertiary/aromatic N) is 1. The van der Waals surface area contributed by atoms with Crippen LogP contribution in [0.3, 0.4) is 0 Å². The summed E-state index contributed by atoms with van der Waals surface area (Å²) < 4.78 is 81.5. The van der Waals surface area contributed by atoms with Crippen LogP contribution in [-0.4, -0.2) is 128 Å². The molecule has 121 heavy (non-hydrogen) atoms. The highest BCUT2D eigenvalue weighted by atomic mass is 32.2. The summed E-state index contributed by atoms with van der Waals surface area (Å²) in [6.45, 7) is 1.88. The smallest absolute Gasteiger partial charge is 0.320 e. The number of hydrogen-bond donors (Lipinski definition) is 15. The number of carbonyl (C=O) groups excluding carboxylic acids is 2. The van der Waals surface area contributed by atoms with Gasteiger partial charge in [0.25, 0.3) is 41.9 Å². The van der Waals surface area contributed by atoms with Crippen molar-refractivity contribution in [2.75, 3.05) is 24.8 Å². The Labute approximate surface area is 699 Å². The van der Waals surface area contributed by atoms with Gasteiger partial charge in [0.05, 0.1) is 20.2 Å². The van der Waals surface area contributed by atoms with Crippen molar-refractivity contribution in [3.8, 4) is 22.3 Å². The van der Waals surface area contributed by atoms with Gasteiger partial charge in [-0.3, -0.25) is 52.7 Å². The highest BCUT2D eigenvalue weighted by molar-refractivity contribution is 7.93. The lowest BCUT2D eigenvalue weighted by Gasteiger charge is -2.11. The number of nitrogens with two attached hydrogens (primary N) is 5. The Hall–Kier alpha value is -14.1. The van der Waals surface area contributed by atoms with Crippen LogP contribution in [0.2, 0.25) is 0 Å². The third-order valence-corrected chi connectivity index (χ3v) is 21.9. The molecule has 0 aliphatic rings. The van der Waals surface area contributed by atoms with Crippen molar-refractivity contribution in [2.24, 2.45) is 28.7 Å². The topological polar surface area (TPSA) is 526 Å². The standard InChI is InChI=1S/C22H20N2O3.C21H20N2O4S.C16H18N2O4S.C15H15N3O3.C15H16N2O4S/c23-20(22(26)27)14-15-6-12-19(13-7-15)24-21(25)18-10-8-17(9-11-18)16-4-2-1-3-5-16;22-20(21(24)25)14-15-6-10-18(11-7-15)23-28(26,27)19-12-8-17(9-13-19)16-4-2-1-3-5-16;1-11-2-8-14(9-3-11)23(21,22)18-13-6-4-12(5-7-13)10-15(17)16(19)20;16-13(15(20)21)8-10-3-5-12(6-4-10)18-14(19)11-2-1-7-17-9-11;16-14(15(18)19)10-11-6-8-12(9-7-11)17-22(20,21)13-4-2-1-3-5-13/h1-13,20H,14,23H2,(H,24,25)(H,26,27);1-13,20,23H,14,22H2,(H,24,25);2-9,15,18H,10,17H2,1H3,(H,19,20);1-7,9,13H,8,16H2,(H,18,19)(H,20,21);1-9,14,17H,10,16H2,(H,18,19)/t2*20-;15-;13-;14-/m00000/s1. The SMILES string of the molecule is Cc1ccc(S(=O)(=O)Nc2ccc(C[C@H](N)C(=O)O)cc2)cc1.N[C@@H](Cc1ccc(NC(=O)c2ccc(-c3ccccc3)cc2)cc1)C(=O)O.N[C@@H](Cc1ccc(NC(=O)c2cccnc2)cc1)C(=O)O.N[C@@H](Cc1ccc(NS(=O)(=O)c2ccc(-c3ccccc3)cc2)cc1)C(=O)O.N[C@@H](Cc1ccc(NS(=O)(=O)c2ccccc2)cc1)C(=O)O. The Bertz CT molecular complexity index is 5790. The van der Waals surface area contributed by atoms with Crippen LogP contribution >= 0.6 is 0 Å². The van der Waals surface area contributed by atoms with Crippen LogP contribution < -0.4 is 53.5 Å². The molecule has 0 bridgehead atoms. The first-order chi connectivity index (χ1) is 57.6. The summed E-state index contributed by atoms with van der Waals surface area (Å²) in [5, 5.41) is 49.6. The number of anilines is 5. The number of benzene rings is 11. The van der Waals surface area contributed by atoms with Crippen LogP contribution in [0.4, 0.5) is 28.4 Å². The fourth-order valence-corrected chi connectivity index (χ4v) is 14.2. The number of aryl methyl sites for hydroxylation is 1. The molecule has 32 heteroatoms. The molecule has 0 aliphatic heterocycles. The van der Waals surface area contributed by atoms with Gasteiger partial charge >= 0.3 is 29.8 Å². The number of aromatic nitrogens is 1. The van der Waals surface area contributed by atoms with Crippen molar-refractivity contribution in [3.63, 3.8) is 0 Å². The van der Waals surface area contributed by atoms with Crippen LogP contribution in [0, 0.1) is 6.92 Å². The minimum atomic E-state index is -3.73. The van der Waals surface area contributed by atoms with E-state index in [1.165, 1.54) is 30.5 Å². The van der Waals surface area contributed by atoms with Crippen molar-refractivity contribution in [2.45, 2.75) is 83.9 Å². The van der Waals surface area contributed by atoms with E-state index in [0.29, 0.717) is 45.1 Å². The minimum absolute atomic E-state index is 0.157. The van der Waals surface area contributed by atoms with Crippen LogP contribution in [0.25, 0.3) is 22.3 Å². The Kier molecular flexibility index (Phi) is 34.0. The number of carboxylic acid groups (broad SMARTS) is 5. The first-order valence-corrected chi connectivity index (χ1v) is 41.5. The molecule has 0 fully saturated rings. The predicted octanol–water partition coefficient (Wildman–Crippen LogP) is 11.1. The summed E-state index contributed by atoms with van der Waals surface area (Å²) in [5.74, 6) is -5.76. The third-order valence-electron chi connectivity index (χ3n) is 17.7. The molecular weight excluding hydrogens is 1610 g/mol. The van der Waals surface area contributed by atoms with Gasteiger partial charge in [0.1, 0.15) is 30.2 Å². The number of sulfonamides is 3. The maximum atomic E-state index is 12.6. The van der Waals surface area contributed by atoms with Crippen molar-refractivity contribution < 1.29 is 84.3 Å². The molecule has 626 valence electrons. The monoisotopic (exact) mass is 1700 g/mol. The molecule has 2 amide bonds. The first kappa shape index (κ1) is 92.4. The van der Waals surface area contributed by atoms with Gasteiger partial charge in [-0.05, 0) is 210 Å². The van der Waals surface area contributed by atoms with Gasteiger partial charge in [-0.25, -0.2) is 25.3 Å². The number of rotatable bonds is 30. The third kappa shape index (κ3) is 30.1. The largest absolute Gasteiger partial charge is 0.480 e. The molecule has 0 saturated heterocycles. The second-order valence-corrected chi connectivity index (χ2v) is 32.2.